The maximum Gasteiger partial charge on any atom is 0.161 e. The Kier molecular flexibility index (Phi) is 8.50. The number of aliphatic hydroxyl groups excluding tert-OH is 1. The van der Waals surface area contributed by atoms with Gasteiger partial charge in [-0.05, 0) is 18.4 Å². The van der Waals surface area contributed by atoms with E-state index in [0.717, 1.165) is 67.6 Å². The molecule has 0 amide bonds. The van der Waals surface area contributed by atoms with Crippen molar-refractivity contribution < 1.29 is 9.84 Å². The Morgan fingerprint density at radius 2 is 1.63 bits per heavy atom. The summed E-state index contributed by atoms with van der Waals surface area (Å²) in [4.78, 5) is 14.8. The summed E-state index contributed by atoms with van der Waals surface area (Å²) in [5.74, 6) is 1.99. The van der Waals surface area contributed by atoms with Crippen LogP contribution in [0.15, 0.2) is 54.6 Å². The minimum atomic E-state index is -0.296. The molecular weight excluding hydrogens is 436 g/mol. The molecule has 2 aromatic carbocycles. The van der Waals surface area contributed by atoms with Gasteiger partial charge in [0.05, 0.1) is 18.4 Å². The summed E-state index contributed by atoms with van der Waals surface area (Å²) in [6, 6.07) is 18.9. The first-order valence-electron chi connectivity index (χ1n) is 12.6. The average Bonchev–Trinajstić information content (AvgIpc) is 2.87. The zero-order valence-corrected chi connectivity index (χ0v) is 21.4. The molecule has 1 saturated heterocycles. The highest BCUT2D eigenvalue weighted by Gasteiger charge is 2.25. The predicted molar refractivity (Wildman–Crippen MR) is 142 cm³/mol. The number of rotatable bonds is 9. The zero-order chi connectivity index (χ0) is 24.8. The summed E-state index contributed by atoms with van der Waals surface area (Å²) >= 11 is 0. The molecule has 0 aliphatic carbocycles. The van der Waals surface area contributed by atoms with Crippen LogP contribution < -0.4 is 4.90 Å². The van der Waals surface area contributed by atoms with E-state index in [1.165, 1.54) is 11.1 Å². The number of benzene rings is 2. The molecule has 3 aromatic rings. The van der Waals surface area contributed by atoms with Gasteiger partial charge < -0.3 is 14.7 Å². The number of anilines is 1. The Balaban J connectivity index is 1.68. The fourth-order valence-electron chi connectivity index (χ4n) is 4.46. The van der Waals surface area contributed by atoms with Crippen LogP contribution in [0.3, 0.4) is 0 Å². The molecule has 6 nitrogen and oxygen atoms in total. The third-order valence-corrected chi connectivity index (χ3v) is 6.77. The monoisotopic (exact) mass is 474 g/mol. The van der Waals surface area contributed by atoms with Crippen molar-refractivity contribution >= 4 is 5.82 Å². The van der Waals surface area contributed by atoms with Crippen molar-refractivity contribution in [1.82, 2.24) is 14.9 Å². The molecule has 35 heavy (non-hydrogen) atoms. The third kappa shape index (κ3) is 6.45. The number of nitrogens with zero attached hydrogens (tertiary/aromatic N) is 4. The molecule has 6 heteroatoms. The van der Waals surface area contributed by atoms with E-state index in [4.69, 9.17) is 14.7 Å². The van der Waals surface area contributed by atoms with Crippen molar-refractivity contribution in [2.45, 2.75) is 39.9 Å². The lowest BCUT2D eigenvalue weighted by Crippen LogP contribution is -2.49. The Morgan fingerprint density at radius 3 is 2.26 bits per heavy atom. The molecule has 1 fully saturated rings. The summed E-state index contributed by atoms with van der Waals surface area (Å²) in [6.45, 7) is 10.9. The number of aliphatic hydroxyl groups is 1. The maximum atomic E-state index is 10.4. The second-order valence-corrected chi connectivity index (χ2v) is 9.86. The fraction of sp³-hybridized carbons (Fsp3) is 0.448. The number of β-amino-alcohol motifs (C(OH)–C–C–N with tert-alkyl or cyclic N) is 1. The zero-order valence-electron chi connectivity index (χ0n) is 21.4. The van der Waals surface area contributed by atoms with Crippen LogP contribution in [0.5, 0.6) is 0 Å². The highest BCUT2D eigenvalue weighted by Crippen LogP contribution is 2.29. The van der Waals surface area contributed by atoms with E-state index in [2.05, 4.69) is 67.0 Å². The third-order valence-electron chi connectivity index (χ3n) is 6.77. The summed E-state index contributed by atoms with van der Waals surface area (Å²) < 4.78 is 5.60. The molecule has 0 saturated carbocycles. The summed E-state index contributed by atoms with van der Waals surface area (Å²) in [7, 11) is 1.72. The number of methoxy groups -OCH3 is 1. The van der Waals surface area contributed by atoms with Crippen molar-refractivity contribution in [1.29, 1.82) is 0 Å². The number of ether oxygens (including phenoxy) is 1. The quantitative estimate of drug-likeness (QED) is 0.498. The Bertz CT molecular complexity index is 1080. The molecule has 2 heterocycles. The van der Waals surface area contributed by atoms with Gasteiger partial charge in [0.25, 0.3) is 0 Å². The van der Waals surface area contributed by atoms with Gasteiger partial charge in [-0.3, -0.25) is 4.90 Å². The lowest BCUT2D eigenvalue weighted by atomic mass is 10.0. The molecule has 186 valence electrons. The Labute approximate surface area is 209 Å². The largest absolute Gasteiger partial charge is 0.392 e. The smallest absolute Gasteiger partial charge is 0.161 e. The number of hydrogen-bond donors (Lipinski definition) is 1. The predicted octanol–water partition coefficient (Wildman–Crippen LogP) is 4.33. The molecular formula is C29H38N4O2. The van der Waals surface area contributed by atoms with Gasteiger partial charge in [0.1, 0.15) is 5.82 Å². The van der Waals surface area contributed by atoms with Gasteiger partial charge in [-0.1, -0.05) is 74.0 Å². The molecule has 1 N–H and O–H groups in total. The van der Waals surface area contributed by atoms with Crippen molar-refractivity contribution in [3.05, 3.63) is 77.0 Å². The van der Waals surface area contributed by atoms with Crippen molar-refractivity contribution in [2.24, 2.45) is 5.92 Å². The van der Waals surface area contributed by atoms with E-state index in [9.17, 15) is 5.11 Å². The first-order chi connectivity index (χ1) is 16.9. The SMILES string of the molecule is COCc1nc(-c2ccccc2)nc(N2CCN(C[C@H](O)C(C)C)CC2)c1Cc1ccc(C)cc1. The van der Waals surface area contributed by atoms with Gasteiger partial charge in [-0.15, -0.1) is 0 Å². The van der Waals surface area contributed by atoms with Crippen LogP contribution in [-0.4, -0.2) is 65.9 Å². The second kappa shape index (κ2) is 11.8. The van der Waals surface area contributed by atoms with Gasteiger partial charge >= 0.3 is 0 Å². The van der Waals surface area contributed by atoms with Crippen LogP contribution in [0.1, 0.15) is 36.2 Å². The second-order valence-electron chi connectivity index (χ2n) is 9.86. The molecule has 0 radical (unpaired) electrons. The molecule has 1 aromatic heterocycles. The molecule has 0 unspecified atom stereocenters. The number of aromatic nitrogens is 2. The average molecular weight is 475 g/mol. The van der Waals surface area contributed by atoms with Gasteiger partial charge in [0, 0.05) is 57.4 Å². The van der Waals surface area contributed by atoms with E-state index >= 15 is 0 Å². The van der Waals surface area contributed by atoms with E-state index in [1.54, 1.807) is 7.11 Å². The first-order valence-corrected chi connectivity index (χ1v) is 12.6. The number of hydrogen-bond acceptors (Lipinski definition) is 6. The Morgan fingerprint density at radius 1 is 0.943 bits per heavy atom. The van der Waals surface area contributed by atoms with Crippen LogP contribution in [0.4, 0.5) is 5.82 Å². The van der Waals surface area contributed by atoms with Crippen LogP contribution in [-0.2, 0) is 17.8 Å². The minimum absolute atomic E-state index is 0.265. The van der Waals surface area contributed by atoms with Crippen molar-refractivity contribution in [3.63, 3.8) is 0 Å². The molecule has 1 atom stereocenters. The van der Waals surface area contributed by atoms with E-state index in [-0.39, 0.29) is 12.0 Å². The maximum absolute atomic E-state index is 10.4. The lowest BCUT2D eigenvalue weighted by molar-refractivity contribution is 0.0738. The van der Waals surface area contributed by atoms with Crippen LogP contribution in [0, 0.1) is 12.8 Å². The van der Waals surface area contributed by atoms with Crippen LogP contribution >= 0.6 is 0 Å². The topological polar surface area (TPSA) is 61.7 Å². The van der Waals surface area contributed by atoms with Gasteiger partial charge in [0.2, 0.25) is 0 Å². The molecule has 0 bridgehead atoms. The van der Waals surface area contributed by atoms with Gasteiger partial charge in [0.15, 0.2) is 5.82 Å². The van der Waals surface area contributed by atoms with Gasteiger partial charge in [-0.2, -0.15) is 0 Å². The van der Waals surface area contributed by atoms with E-state index in [1.807, 2.05) is 18.2 Å². The Hall–Kier alpha value is -2.80. The molecule has 1 aliphatic heterocycles. The minimum Gasteiger partial charge on any atom is -0.392 e. The highest BCUT2D eigenvalue weighted by molar-refractivity contribution is 5.61. The van der Waals surface area contributed by atoms with E-state index < -0.39 is 0 Å². The van der Waals surface area contributed by atoms with Crippen molar-refractivity contribution in [2.75, 3.05) is 44.7 Å². The number of piperazine rings is 1. The summed E-state index contributed by atoms with van der Waals surface area (Å²) in [5.41, 5.74) is 5.57. The highest BCUT2D eigenvalue weighted by atomic mass is 16.5. The first kappa shape index (κ1) is 25.3. The summed E-state index contributed by atoms with van der Waals surface area (Å²) in [6.07, 6.45) is 0.464. The van der Waals surface area contributed by atoms with E-state index in [0.29, 0.717) is 6.61 Å². The standard InChI is InChI=1S/C29H38N4O2/c1-21(2)27(34)19-32-14-16-33(17-15-32)29-25(18-23-12-10-22(3)11-13-23)26(20-35-4)30-28(31-29)24-8-6-5-7-9-24/h5-13,21,27,34H,14-20H2,1-4H3/t27-/m0/s1. The normalized spacial score (nSPS) is 15.5. The lowest BCUT2D eigenvalue weighted by Gasteiger charge is -2.37. The fourth-order valence-corrected chi connectivity index (χ4v) is 4.46. The molecule has 4 rings (SSSR count). The number of aryl methyl sites for hydroxylation is 1. The summed E-state index contributed by atoms with van der Waals surface area (Å²) in [5, 5.41) is 10.4. The molecule has 0 spiro atoms. The molecule has 1 aliphatic rings. The van der Waals surface area contributed by atoms with Crippen LogP contribution in [0.25, 0.3) is 11.4 Å². The van der Waals surface area contributed by atoms with Gasteiger partial charge in [-0.25, -0.2) is 9.97 Å². The van der Waals surface area contributed by atoms with Crippen LogP contribution in [0.2, 0.25) is 0 Å². The van der Waals surface area contributed by atoms with Crippen molar-refractivity contribution in [3.8, 4) is 11.4 Å².